The van der Waals surface area contributed by atoms with Crippen molar-refractivity contribution < 1.29 is 9.13 Å². The molecule has 0 atom stereocenters. The summed E-state index contributed by atoms with van der Waals surface area (Å²) >= 11 is 3.40. The van der Waals surface area contributed by atoms with Crippen molar-refractivity contribution in [3.05, 3.63) is 57.8 Å². The summed E-state index contributed by atoms with van der Waals surface area (Å²) in [4.78, 5) is 0. The van der Waals surface area contributed by atoms with E-state index in [1.165, 1.54) is 12.1 Å². The maximum absolute atomic E-state index is 13.3. The van der Waals surface area contributed by atoms with E-state index in [9.17, 15) is 4.39 Å². The van der Waals surface area contributed by atoms with Gasteiger partial charge < -0.3 is 10.1 Å². The Bertz CT molecular complexity index is 667. The summed E-state index contributed by atoms with van der Waals surface area (Å²) in [5.74, 6) is 0.338. The van der Waals surface area contributed by atoms with Gasteiger partial charge in [-0.1, -0.05) is 0 Å². The van der Waals surface area contributed by atoms with Crippen LogP contribution in [0.1, 0.15) is 11.1 Å². The highest BCUT2D eigenvalue weighted by molar-refractivity contribution is 9.10. The van der Waals surface area contributed by atoms with Gasteiger partial charge in [0.1, 0.15) is 11.6 Å². The molecule has 0 radical (unpaired) electrons. The van der Waals surface area contributed by atoms with Gasteiger partial charge in [-0.2, -0.15) is 5.26 Å². The van der Waals surface area contributed by atoms with Crippen LogP contribution in [0, 0.1) is 17.1 Å². The molecule has 2 aromatic carbocycles. The van der Waals surface area contributed by atoms with Crippen LogP contribution in [0.5, 0.6) is 5.75 Å². The van der Waals surface area contributed by atoms with Crippen LogP contribution >= 0.6 is 15.9 Å². The zero-order chi connectivity index (χ0) is 14.5. The number of nitriles is 1. The molecule has 2 aromatic rings. The van der Waals surface area contributed by atoms with Crippen LogP contribution in [0.25, 0.3) is 0 Å². The molecule has 0 bridgehead atoms. The van der Waals surface area contributed by atoms with E-state index in [-0.39, 0.29) is 0 Å². The number of ether oxygens (including phenoxy) is 1. The van der Waals surface area contributed by atoms with Crippen LogP contribution in [0.15, 0.2) is 40.9 Å². The van der Waals surface area contributed by atoms with Crippen molar-refractivity contribution in [2.24, 2.45) is 0 Å². The lowest BCUT2D eigenvalue weighted by Crippen LogP contribution is -2.00. The predicted octanol–water partition coefficient (Wildman–Crippen LogP) is 4.08. The van der Waals surface area contributed by atoms with Crippen molar-refractivity contribution in [3.63, 3.8) is 0 Å². The van der Waals surface area contributed by atoms with Crippen LogP contribution in [-0.4, -0.2) is 7.11 Å². The SMILES string of the molecule is COc1ccc(NCc2cc(F)cc(C#N)c2)cc1Br. The summed E-state index contributed by atoms with van der Waals surface area (Å²) in [5.41, 5.74) is 1.91. The zero-order valence-corrected chi connectivity index (χ0v) is 12.4. The monoisotopic (exact) mass is 334 g/mol. The average molecular weight is 335 g/mol. The van der Waals surface area contributed by atoms with Crippen LogP contribution in [0.4, 0.5) is 10.1 Å². The Hall–Kier alpha value is -2.06. The lowest BCUT2D eigenvalue weighted by Gasteiger charge is -2.09. The van der Waals surface area contributed by atoms with E-state index in [0.717, 1.165) is 15.9 Å². The maximum Gasteiger partial charge on any atom is 0.133 e. The molecule has 1 N–H and O–H groups in total. The molecular formula is C15H12BrFN2O. The minimum atomic E-state index is -0.406. The Morgan fingerprint density at radius 1 is 1.30 bits per heavy atom. The van der Waals surface area contributed by atoms with E-state index >= 15 is 0 Å². The summed E-state index contributed by atoms with van der Waals surface area (Å²) < 4.78 is 19.3. The Morgan fingerprint density at radius 2 is 2.10 bits per heavy atom. The Balaban J connectivity index is 2.11. The van der Waals surface area contributed by atoms with Gasteiger partial charge in [-0.25, -0.2) is 4.39 Å². The molecule has 0 aliphatic rings. The Labute approximate surface area is 125 Å². The first-order valence-corrected chi connectivity index (χ1v) is 6.68. The molecule has 0 saturated heterocycles. The second-order valence-corrected chi connectivity index (χ2v) is 5.02. The van der Waals surface area contributed by atoms with Gasteiger partial charge in [0.05, 0.1) is 23.2 Å². The Morgan fingerprint density at radius 3 is 2.75 bits per heavy atom. The third-order valence-corrected chi connectivity index (χ3v) is 3.35. The fourth-order valence-electron chi connectivity index (χ4n) is 1.80. The smallest absolute Gasteiger partial charge is 0.133 e. The number of rotatable bonds is 4. The highest BCUT2D eigenvalue weighted by atomic mass is 79.9. The normalized spacial score (nSPS) is 9.90. The van der Waals surface area contributed by atoms with Gasteiger partial charge in [-0.15, -0.1) is 0 Å². The lowest BCUT2D eigenvalue weighted by molar-refractivity contribution is 0.412. The van der Waals surface area contributed by atoms with Crippen molar-refractivity contribution in [2.75, 3.05) is 12.4 Å². The molecule has 0 aliphatic heterocycles. The van der Waals surface area contributed by atoms with Gasteiger partial charge in [0, 0.05) is 12.2 Å². The minimum Gasteiger partial charge on any atom is -0.496 e. The molecule has 0 heterocycles. The van der Waals surface area contributed by atoms with Crippen LogP contribution in [-0.2, 0) is 6.54 Å². The Kier molecular flexibility index (Phi) is 4.59. The largest absolute Gasteiger partial charge is 0.496 e. The number of nitrogens with one attached hydrogen (secondary N) is 1. The van der Waals surface area contributed by atoms with Gasteiger partial charge in [-0.05, 0) is 57.9 Å². The number of methoxy groups -OCH3 is 1. The molecule has 5 heteroatoms. The van der Waals surface area contributed by atoms with E-state index in [1.54, 1.807) is 13.2 Å². The second-order valence-electron chi connectivity index (χ2n) is 4.16. The fourth-order valence-corrected chi connectivity index (χ4v) is 2.34. The summed E-state index contributed by atoms with van der Waals surface area (Å²) in [6.45, 7) is 0.436. The van der Waals surface area contributed by atoms with E-state index in [4.69, 9.17) is 10.00 Å². The zero-order valence-electron chi connectivity index (χ0n) is 10.8. The molecule has 0 aliphatic carbocycles. The average Bonchev–Trinajstić information content (AvgIpc) is 2.44. The van der Waals surface area contributed by atoms with Crippen molar-refractivity contribution in [1.29, 1.82) is 5.26 Å². The molecule has 0 amide bonds. The third kappa shape index (κ3) is 3.49. The number of hydrogen-bond acceptors (Lipinski definition) is 3. The van der Waals surface area contributed by atoms with E-state index in [0.29, 0.717) is 17.7 Å². The second kappa shape index (κ2) is 6.40. The quantitative estimate of drug-likeness (QED) is 0.916. The molecule has 102 valence electrons. The molecule has 0 spiro atoms. The molecule has 0 aromatic heterocycles. The summed E-state index contributed by atoms with van der Waals surface area (Å²) in [7, 11) is 1.60. The van der Waals surface area contributed by atoms with Gasteiger partial charge in [0.15, 0.2) is 0 Å². The molecule has 2 rings (SSSR count). The summed E-state index contributed by atoms with van der Waals surface area (Å²) in [6, 6.07) is 11.8. The number of benzene rings is 2. The van der Waals surface area contributed by atoms with Crippen molar-refractivity contribution in [3.8, 4) is 11.8 Å². The topological polar surface area (TPSA) is 45.0 Å². The molecule has 20 heavy (non-hydrogen) atoms. The maximum atomic E-state index is 13.3. The first kappa shape index (κ1) is 14.4. The lowest BCUT2D eigenvalue weighted by atomic mass is 10.1. The van der Waals surface area contributed by atoms with E-state index in [2.05, 4.69) is 21.2 Å². The van der Waals surface area contributed by atoms with Gasteiger partial charge in [0.25, 0.3) is 0 Å². The number of halogens is 2. The molecule has 0 fully saturated rings. The third-order valence-electron chi connectivity index (χ3n) is 2.74. The highest BCUT2D eigenvalue weighted by Crippen LogP contribution is 2.27. The fraction of sp³-hybridized carbons (Fsp3) is 0.133. The predicted molar refractivity (Wildman–Crippen MR) is 79.1 cm³/mol. The van der Waals surface area contributed by atoms with Crippen molar-refractivity contribution in [2.45, 2.75) is 6.54 Å². The van der Waals surface area contributed by atoms with Gasteiger partial charge in [-0.3, -0.25) is 0 Å². The van der Waals surface area contributed by atoms with Crippen molar-refractivity contribution >= 4 is 21.6 Å². The molecular weight excluding hydrogens is 323 g/mol. The number of hydrogen-bond donors (Lipinski definition) is 1. The standard InChI is InChI=1S/C15H12BrFN2O/c1-20-15-3-2-13(7-14(15)16)19-9-11-4-10(8-18)5-12(17)6-11/h2-7,19H,9H2,1H3. The highest BCUT2D eigenvalue weighted by Gasteiger charge is 2.03. The van der Waals surface area contributed by atoms with E-state index in [1.807, 2.05) is 24.3 Å². The van der Waals surface area contributed by atoms with Gasteiger partial charge >= 0.3 is 0 Å². The van der Waals surface area contributed by atoms with Crippen LogP contribution in [0.2, 0.25) is 0 Å². The molecule has 0 saturated carbocycles. The first-order chi connectivity index (χ1) is 9.62. The summed E-state index contributed by atoms with van der Waals surface area (Å²) in [5, 5.41) is 12.0. The van der Waals surface area contributed by atoms with E-state index < -0.39 is 5.82 Å². The minimum absolute atomic E-state index is 0.317. The van der Waals surface area contributed by atoms with Crippen LogP contribution < -0.4 is 10.1 Å². The number of nitrogens with zero attached hydrogens (tertiary/aromatic N) is 1. The first-order valence-electron chi connectivity index (χ1n) is 5.89. The van der Waals surface area contributed by atoms with Crippen molar-refractivity contribution in [1.82, 2.24) is 0 Å². The molecule has 3 nitrogen and oxygen atoms in total. The molecule has 0 unspecified atom stereocenters. The summed E-state index contributed by atoms with van der Waals surface area (Å²) in [6.07, 6.45) is 0. The van der Waals surface area contributed by atoms with Crippen LogP contribution in [0.3, 0.4) is 0 Å². The van der Waals surface area contributed by atoms with Gasteiger partial charge in [0.2, 0.25) is 0 Å². The number of anilines is 1.